The van der Waals surface area contributed by atoms with Crippen LogP contribution in [-0.4, -0.2) is 64.7 Å². The molecule has 0 saturated carbocycles. The maximum atomic E-state index is 13.6. The molecular weight excluding hydrogens is 506 g/mol. The van der Waals surface area contributed by atoms with Gasteiger partial charge in [0.25, 0.3) is 0 Å². The number of sulfonamides is 1. The number of methoxy groups -OCH3 is 2. The van der Waals surface area contributed by atoms with Crippen molar-refractivity contribution in [3.8, 4) is 11.5 Å². The topological polar surface area (TPSA) is 105 Å². The minimum absolute atomic E-state index is 0.0867. The fourth-order valence-corrected chi connectivity index (χ4v) is 4.43. The van der Waals surface area contributed by atoms with Gasteiger partial charge >= 0.3 is 0 Å². The summed E-state index contributed by atoms with van der Waals surface area (Å²) in [6, 6.07) is 10.7. The lowest BCUT2D eigenvalue weighted by atomic mass is 10.1. The molecule has 198 valence electrons. The highest BCUT2D eigenvalue weighted by Crippen LogP contribution is 2.33. The predicted molar refractivity (Wildman–Crippen MR) is 141 cm³/mol. The summed E-state index contributed by atoms with van der Waals surface area (Å²) in [5, 5.41) is 3.12. The van der Waals surface area contributed by atoms with Gasteiger partial charge in [-0.1, -0.05) is 37.6 Å². The summed E-state index contributed by atoms with van der Waals surface area (Å²) in [4.78, 5) is 27.9. The summed E-state index contributed by atoms with van der Waals surface area (Å²) in [7, 11) is -0.969. The highest BCUT2D eigenvalue weighted by molar-refractivity contribution is 7.92. The van der Waals surface area contributed by atoms with Gasteiger partial charge in [0.15, 0.2) is 0 Å². The molecule has 0 unspecified atom stereocenters. The Hall–Kier alpha value is -2.98. The zero-order valence-corrected chi connectivity index (χ0v) is 23.0. The molecule has 0 aliphatic rings. The Balaban J connectivity index is 2.43. The average Bonchev–Trinajstić information content (AvgIpc) is 2.83. The van der Waals surface area contributed by atoms with E-state index in [0.29, 0.717) is 12.3 Å². The van der Waals surface area contributed by atoms with E-state index in [4.69, 9.17) is 21.1 Å². The Morgan fingerprint density at radius 3 is 2.19 bits per heavy atom. The van der Waals surface area contributed by atoms with Gasteiger partial charge < -0.3 is 19.7 Å². The van der Waals surface area contributed by atoms with E-state index in [9.17, 15) is 18.0 Å². The zero-order valence-electron chi connectivity index (χ0n) is 21.4. The Bertz CT molecular complexity index is 1150. The van der Waals surface area contributed by atoms with Gasteiger partial charge in [0.2, 0.25) is 21.8 Å². The van der Waals surface area contributed by atoms with Gasteiger partial charge in [-0.2, -0.15) is 0 Å². The molecule has 0 bridgehead atoms. The molecule has 36 heavy (non-hydrogen) atoms. The number of hydrogen-bond donors (Lipinski definition) is 1. The first-order chi connectivity index (χ1) is 16.9. The lowest BCUT2D eigenvalue weighted by Crippen LogP contribution is -2.51. The molecule has 0 aliphatic carbocycles. The molecule has 2 aromatic rings. The fourth-order valence-electron chi connectivity index (χ4n) is 3.42. The van der Waals surface area contributed by atoms with Gasteiger partial charge in [0.05, 0.1) is 26.2 Å². The standard InChI is InChI=1S/C25H34ClN3O6S/c1-17(2)14-27-25(31)18(3)28(15-19-7-10-21(34-4)11-8-19)24(30)16-29(36(6,32)33)22-13-20(26)9-12-23(22)35-5/h7-13,17-18H,14-16H2,1-6H3,(H,27,31)/t18-/m1/s1. The Morgan fingerprint density at radius 2 is 1.67 bits per heavy atom. The molecule has 0 aliphatic heterocycles. The fraction of sp³-hybridized carbons (Fsp3) is 0.440. The van der Waals surface area contributed by atoms with Crippen LogP contribution in [0.5, 0.6) is 11.5 Å². The average molecular weight is 540 g/mol. The summed E-state index contributed by atoms with van der Waals surface area (Å²) in [6.07, 6.45) is 0.993. The maximum absolute atomic E-state index is 13.6. The van der Waals surface area contributed by atoms with Crippen molar-refractivity contribution in [2.24, 2.45) is 5.92 Å². The van der Waals surface area contributed by atoms with Crippen LogP contribution < -0.4 is 19.1 Å². The van der Waals surface area contributed by atoms with Gasteiger partial charge in [-0.25, -0.2) is 8.42 Å². The van der Waals surface area contributed by atoms with Crippen LogP contribution >= 0.6 is 11.6 Å². The number of anilines is 1. The molecule has 0 saturated heterocycles. The number of ether oxygens (including phenoxy) is 2. The Morgan fingerprint density at radius 1 is 1.03 bits per heavy atom. The third-order valence-electron chi connectivity index (χ3n) is 5.45. The van der Waals surface area contributed by atoms with E-state index in [2.05, 4.69) is 5.32 Å². The number of amides is 2. The van der Waals surface area contributed by atoms with E-state index < -0.39 is 28.5 Å². The molecule has 0 heterocycles. The molecule has 11 heteroatoms. The van der Waals surface area contributed by atoms with Crippen LogP contribution in [0.4, 0.5) is 5.69 Å². The predicted octanol–water partition coefficient (Wildman–Crippen LogP) is 3.31. The number of carbonyl (C=O) groups excluding carboxylic acids is 2. The summed E-state index contributed by atoms with van der Waals surface area (Å²) < 4.78 is 36.9. The van der Waals surface area contributed by atoms with Crippen molar-refractivity contribution < 1.29 is 27.5 Å². The van der Waals surface area contributed by atoms with E-state index >= 15 is 0 Å². The van der Waals surface area contributed by atoms with E-state index in [1.54, 1.807) is 44.4 Å². The number of carbonyl (C=O) groups is 2. The van der Waals surface area contributed by atoms with Gasteiger partial charge in [0, 0.05) is 18.1 Å². The van der Waals surface area contributed by atoms with Crippen molar-refractivity contribution in [3.63, 3.8) is 0 Å². The highest BCUT2D eigenvalue weighted by Gasteiger charge is 2.31. The third-order valence-corrected chi connectivity index (χ3v) is 6.81. The van der Waals surface area contributed by atoms with Crippen LogP contribution in [0.1, 0.15) is 26.3 Å². The van der Waals surface area contributed by atoms with E-state index in [1.165, 1.54) is 24.1 Å². The first-order valence-corrected chi connectivity index (χ1v) is 13.6. The van der Waals surface area contributed by atoms with Crippen molar-refractivity contribution in [3.05, 3.63) is 53.1 Å². The van der Waals surface area contributed by atoms with Crippen molar-refractivity contribution in [1.82, 2.24) is 10.2 Å². The quantitative estimate of drug-likeness (QED) is 0.443. The molecule has 0 aromatic heterocycles. The number of hydrogen-bond acceptors (Lipinski definition) is 6. The number of halogens is 1. The molecular formula is C25H34ClN3O6S. The molecule has 2 rings (SSSR count). The van der Waals surface area contributed by atoms with Gasteiger partial charge in [-0.15, -0.1) is 0 Å². The van der Waals surface area contributed by atoms with Crippen molar-refractivity contribution in [1.29, 1.82) is 0 Å². The minimum atomic E-state index is -3.92. The largest absolute Gasteiger partial charge is 0.497 e. The van der Waals surface area contributed by atoms with Crippen LogP contribution in [0.15, 0.2) is 42.5 Å². The number of nitrogens with zero attached hydrogens (tertiary/aromatic N) is 2. The molecule has 2 amide bonds. The van der Waals surface area contributed by atoms with Gasteiger partial charge in [-0.3, -0.25) is 13.9 Å². The zero-order chi connectivity index (χ0) is 27.0. The van der Waals surface area contributed by atoms with Crippen molar-refractivity contribution in [2.45, 2.75) is 33.4 Å². The van der Waals surface area contributed by atoms with Crippen LogP contribution in [-0.2, 0) is 26.2 Å². The summed E-state index contributed by atoms with van der Waals surface area (Å²) >= 11 is 6.12. The van der Waals surface area contributed by atoms with Crippen LogP contribution in [0.3, 0.4) is 0 Å². The second-order valence-electron chi connectivity index (χ2n) is 8.77. The first-order valence-electron chi connectivity index (χ1n) is 11.4. The number of rotatable bonds is 12. The monoisotopic (exact) mass is 539 g/mol. The second kappa shape index (κ2) is 12.8. The molecule has 0 fully saturated rings. The molecule has 0 radical (unpaired) electrons. The Kier molecular flexibility index (Phi) is 10.4. The van der Waals surface area contributed by atoms with E-state index in [1.807, 2.05) is 13.8 Å². The lowest BCUT2D eigenvalue weighted by Gasteiger charge is -2.32. The smallest absolute Gasteiger partial charge is 0.244 e. The maximum Gasteiger partial charge on any atom is 0.244 e. The summed E-state index contributed by atoms with van der Waals surface area (Å²) in [5.41, 5.74) is 0.876. The first kappa shape index (κ1) is 29.3. The molecule has 1 N–H and O–H groups in total. The number of benzene rings is 2. The van der Waals surface area contributed by atoms with Crippen LogP contribution in [0.25, 0.3) is 0 Å². The Labute approximate surface area is 218 Å². The van der Waals surface area contributed by atoms with Crippen LogP contribution in [0, 0.1) is 5.92 Å². The number of nitrogens with one attached hydrogen (secondary N) is 1. The molecule has 9 nitrogen and oxygen atoms in total. The summed E-state index contributed by atoms with van der Waals surface area (Å²) in [5.74, 6) is 0.211. The highest BCUT2D eigenvalue weighted by atomic mass is 35.5. The lowest BCUT2D eigenvalue weighted by molar-refractivity contribution is -0.139. The minimum Gasteiger partial charge on any atom is -0.497 e. The third kappa shape index (κ3) is 8.03. The van der Waals surface area contributed by atoms with Crippen molar-refractivity contribution >= 4 is 39.1 Å². The SMILES string of the molecule is COc1ccc(CN(C(=O)CN(c2cc(Cl)ccc2OC)S(C)(=O)=O)[C@H](C)C(=O)NCC(C)C)cc1. The van der Waals surface area contributed by atoms with Crippen LogP contribution in [0.2, 0.25) is 5.02 Å². The molecule has 1 atom stereocenters. The van der Waals surface area contributed by atoms with Gasteiger partial charge in [-0.05, 0) is 48.7 Å². The van der Waals surface area contributed by atoms with E-state index in [-0.39, 0.29) is 34.8 Å². The van der Waals surface area contributed by atoms with Gasteiger partial charge in [0.1, 0.15) is 24.1 Å². The van der Waals surface area contributed by atoms with E-state index in [0.717, 1.165) is 16.1 Å². The van der Waals surface area contributed by atoms with Crippen molar-refractivity contribution in [2.75, 3.05) is 37.9 Å². The normalized spacial score (nSPS) is 12.1. The second-order valence-corrected chi connectivity index (χ2v) is 11.1. The molecule has 0 spiro atoms. The molecule has 2 aromatic carbocycles. The summed E-state index contributed by atoms with van der Waals surface area (Å²) in [6.45, 7) is 5.53.